The number of nitrogens with zero attached hydrogens (tertiary/aromatic N) is 2. The molecule has 1 atom stereocenters. The second-order valence-corrected chi connectivity index (χ2v) is 5.84. The minimum atomic E-state index is -0.0562. The van der Waals surface area contributed by atoms with Crippen molar-refractivity contribution in [2.24, 2.45) is 5.92 Å². The van der Waals surface area contributed by atoms with Gasteiger partial charge in [0.25, 0.3) is 0 Å². The molecule has 1 aromatic carbocycles. The van der Waals surface area contributed by atoms with Crippen LogP contribution in [-0.2, 0) is 16.1 Å². The summed E-state index contributed by atoms with van der Waals surface area (Å²) >= 11 is 0. The first-order valence-corrected chi connectivity index (χ1v) is 7.56. The highest BCUT2D eigenvalue weighted by Gasteiger charge is 2.18. The van der Waals surface area contributed by atoms with Crippen LogP contribution >= 0.6 is 0 Å². The topological polar surface area (TPSA) is 60.9 Å². The summed E-state index contributed by atoms with van der Waals surface area (Å²) in [5.74, 6) is -0.0974. The average molecular weight is 306 g/mol. The molecule has 0 spiro atoms. The second kappa shape index (κ2) is 9.20. The van der Waals surface area contributed by atoms with Gasteiger partial charge in [-0.2, -0.15) is 0 Å². The quantitative estimate of drug-likeness (QED) is 0.792. The van der Waals surface area contributed by atoms with Gasteiger partial charge in [-0.3, -0.25) is 9.59 Å². The lowest BCUT2D eigenvalue weighted by Gasteiger charge is -2.25. The molecule has 0 saturated carbocycles. The number of rotatable bonds is 8. The summed E-state index contributed by atoms with van der Waals surface area (Å²) in [6.07, 6.45) is 0.409. The number of hydrogen-bond donors (Lipinski definition) is 1. The van der Waals surface area contributed by atoms with E-state index in [1.165, 1.54) is 4.90 Å². The number of aliphatic hydroxyl groups is 1. The maximum Gasteiger partial charge on any atom is 0.223 e. The van der Waals surface area contributed by atoms with Crippen molar-refractivity contribution in [3.8, 4) is 0 Å². The number of aliphatic hydroxyl groups excluding tert-OH is 1. The molecule has 0 aliphatic heterocycles. The van der Waals surface area contributed by atoms with E-state index in [9.17, 15) is 14.7 Å². The lowest BCUT2D eigenvalue weighted by molar-refractivity contribution is -0.136. The third-order valence-corrected chi connectivity index (χ3v) is 3.46. The second-order valence-electron chi connectivity index (χ2n) is 5.84. The minimum Gasteiger partial charge on any atom is -0.396 e. The van der Waals surface area contributed by atoms with Crippen LogP contribution in [-0.4, -0.2) is 54.0 Å². The fourth-order valence-corrected chi connectivity index (χ4v) is 2.09. The van der Waals surface area contributed by atoms with E-state index < -0.39 is 0 Å². The van der Waals surface area contributed by atoms with Gasteiger partial charge in [-0.1, -0.05) is 37.3 Å². The molecule has 0 aromatic heterocycles. The third kappa shape index (κ3) is 6.26. The zero-order valence-corrected chi connectivity index (χ0v) is 13.7. The standard InChI is InChI=1S/C17H26N2O3/c1-14(13-20)11-19(12-15-7-5-4-6-8-15)17(22)10-9-16(21)18(2)3/h4-8,14,20H,9-13H2,1-3H3/t14-/m1/s1. The molecule has 1 N–H and O–H groups in total. The lowest BCUT2D eigenvalue weighted by Crippen LogP contribution is -2.36. The van der Waals surface area contributed by atoms with Crippen molar-refractivity contribution in [1.82, 2.24) is 9.80 Å². The van der Waals surface area contributed by atoms with Gasteiger partial charge in [0.2, 0.25) is 11.8 Å². The van der Waals surface area contributed by atoms with Crippen LogP contribution in [0.1, 0.15) is 25.3 Å². The van der Waals surface area contributed by atoms with Crippen LogP contribution in [0, 0.1) is 5.92 Å². The van der Waals surface area contributed by atoms with E-state index >= 15 is 0 Å². The van der Waals surface area contributed by atoms with E-state index in [4.69, 9.17) is 0 Å². The van der Waals surface area contributed by atoms with Gasteiger partial charge >= 0.3 is 0 Å². The van der Waals surface area contributed by atoms with Crippen LogP contribution in [0.25, 0.3) is 0 Å². The van der Waals surface area contributed by atoms with Gasteiger partial charge in [0, 0.05) is 46.6 Å². The van der Waals surface area contributed by atoms with Crippen molar-refractivity contribution in [1.29, 1.82) is 0 Å². The zero-order chi connectivity index (χ0) is 16.5. The Kier molecular flexibility index (Phi) is 7.60. The van der Waals surface area contributed by atoms with E-state index in [0.29, 0.717) is 13.1 Å². The van der Waals surface area contributed by atoms with E-state index in [1.807, 2.05) is 37.3 Å². The molecule has 0 radical (unpaired) electrons. The SMILES string of the molecule is C[C@@H](CO)CN(Cc1ccccc1)C(=O)CCC(=O)N(C)C. The molecule has 5 nitrogen and oxygen atoms in total. The maximum absolute atomic E-state index is 12.4. The van der Waals surface area contributed by atoms with Crippen molar-refractivity contribution >= 4 is 11.8 Å². The zero-order valence-electron chi connectivity index (χ0n) is 13.7. The number of carbonyl (C=O) groups excluding carboxylic acids is 2. The predicted molar refractivity (Wildman–Crippen MR) is 86.0 cm³/mol. The maximum atomic E-state index is 12.4. The smallest absolute Gasteiger partial charge is 0.223 e. The monoisotopic (exact) mass is 306 g/mol. The molecule has 0 fully saturated rings. The molecule has 5 heteroatoms. The highest BCUT2D eigenvalue weighted by atomic mass is 16.3. The van der Waals surface area contributed by atoms with E-state index in [1.54, 1.807) is 19.0 Å². The van der Waals surface area contributed by atoms with Crippen LogP contribution in [0.2, 0.25) is 0 Å². The van der Waals surface area contributed by atoms with Crippen LogP contribution in [0.3, 0.4) is 0 Å². The number of hydrogen-bond acceptors (Lipinski definition) is 3. The summed E-state index contributed by atoms with van der Waals surface area (Å²) < 4.78 is 0. The molecule has 0 heterocycles. The van der Waals surface area contributed by atoms with Gasteiger partial charge < -0.3 is 14.9 Å². The Hall–Kier alpha value is -1.88. The molecule has 2 amide bonds. The first-order valence-electron chi connectivity index (χ1n) is 7.56. The Labute approximate surface area is 132 Å². The Bertz CT molecular complexity index is 474. The summed E-state index contributed by atoms with van der Waals surface area (Å²) in [5.41, 5.74) is 1.04. The first kappa shape index (κ1) is 18.2. The average Bonchev–Trinajstić information content (AvgIpc) is 2.52. The van der Waals surface area contributed by atoms with E-state index in [2.05, 4.69) is 0 Å². The van der Waals surface area contributed by atoms with E-state index in [0.717, 1.165) is 5.56 Å². The highest BCUT2D eigenvalue weighted by Crippen LogP contribution is 2.10. The highest BCUT2D eigenvalue weighted by molar-refractivity contribution is 5.83. The molecule has 1 aromatic rings. The Morgan fingerprint density at radius 1 is 1.09 bits per heavy atom. The molecule has 0 unspecified atom stereocenters. The molecule has 22 heavy (non-hydrogen) atoms. The Balaban J connectivity index is 2.68. The molecule has 0 saturated heterocycles. The van der Waals surface area contributed by atoms with Gasteiger partial charge in [0.1, 0.15) is 0 Å². The van der Waals surface area contributed by atoms with Crippen LogP contribution in [0.4, 0.5) is 0 Å². The van der Waals surface area contributed by atoms with Gasteiger partial charge in [-0.25, -0.2) is 0 Å². The van der Waals surface area contributed by atoms with Gasteiger partial charge in [0.05, 0.1) is 0 Å². The number of benzene rings is 1. The summed E-state index contributed by atoms with van der Waals surface area (Å²) in [6.45, 7) is 2.92. The normalized spacial score (nSPS) is 11.8. The molecule has 0 bridgehead atoms. The molecule has 1 rings (SSSR count). The fourth-order valence-electron chi connectivity index (χ4n) is 2.09. The predicted octanol–water partition coefficient (Wildman–Crippen LogP) is 1.51. The molecular formula is C17H26N2O3. The number of amides is 2. The Morgan fingerprint density at radius 3 is 2.23 bits per heavy atom. The fraction of sp³-hybridized carbons (Fsp3) is 0.529. The summed E-state index contributed by atoms with van der Waals surface area (Å²) in [5, 5.41) is 9.22. The Morgan fingerprint density at radius 2 is 1.68 bits per heavy atom. The summed E-state index contributed by atoms with van der Waals surface area (Å²) in [4.78, 5) is 27.2. The first-order chi connectivity index (χ1) is 10.4. The number of carbonyl (C=O) groups is 2. The van der Waals surface area contributed by atoms with Crippen molar-refractivity contribution < 1.29 is 14.7 Å². The summed E-state index contributed by atoms with van der Waals surface area (Å²) in [7, 11) is 3.37. The molecule has 0 aliphatic carbocycles. The lowest BCUT2D eigenvalue weighted by atomic mass is 10.1. The molecule has 122 valence electrons. The third-order valence-electron chi connectivity index (χ3n) is 3.46. The van der Waals surface area contributed by atoms with Crippen molar-refractivity contribution in [3.05, 3.63) is 35.9 Å². The van der Waals surface area contributed by atoms with Gasteiger partial charge in [-0.15, -0.1) is 0 Å². The van der Waals surface area contributed by atoms with Crippen LogP contribution in [0.5, 0.6) is 0 Å². The van der Waals surface area contributed by atoms with Crippen molar-refractivity contribution in [2.75, 3.05) is 27.2 Å². The van der Waals surface area contributed by atoms with Crippen molar-refractivity contribution in [2.45, 2.75) is 26.3 Å². The van der Waals surface area contributed by atoms with E-state index in [-0.39, 0.29) is 37.2 Å². The van der Waals surface area contributed by atoms with Gasteiger partial charge in [0.15, 0.2) is 0 Å². The minimum absolute atomic E-state index is 0.0113. The van der Waals surface area contributed by atoms with Crippen LogP contribution < -0.4 is 0 Å². The largest absolute Gasteiger partial charge is 0.396 e. The molecule has 0 aliphatic rings. The van der Waals surface area contributed by atoms with Crippen molar-refractivity contribution in [3.63, 3.8) is 0 Å². The molecular weight excluding hydrogens is 280 g/mol. The van der Waals surface area contributed by atoms with Gasteiger partial charge in [-0.05, 0) is 11.5 Å². The van der Waals surface area contributed by atoms with Crippen LogP contribution in [0.15, 0.2) is 30.3 Å². The summed E-state index contributed by atoms with van der Waals surface area (Å²) in [6, 6.07) is 9.73.